The molecule has 120 valence electrons. The van der Waals surface area contributed by atoms with Gasteiger partial charge in [0.2, 0.25) is 11.9 Å². The molecule has 6 heteroatoms. The van der Waals surface area contributed by atoms with Gasteiger partial charge in [-0.2, -0.15) is 0 Å². The second kappa shape index (κ2) is 6.28. The SMILES string of the molecule is O=C(C1CCCN(c2ncccn2)C1)N1CCc2sccc2C1. The molecule has 2 aromatic rings. The second-order valence-electron chi connectivity index (χ2n) is 6.21. The monoisotopic (exact) mass is 328 g/mol. The summed E-state index contributed by atoms with van der Waals surface area (Å²) in [6, 6.07) is 3.98. The van der Waals surface area contributed by atoms with Crippen LogP contribution in [0.2, 0.25) is 0 Å². The van der Waals surface area contributed by atoms with Crippen molar-refractivity contribution in [3.8, 4) is 0 Å². The molecule has 0 spiro atoms. The van der Waals surface area contributed by atoms with Crippen molar-refractivity contribution < 1.29 is 4.79 Å². The number of aromatic nitrogens is 2. The predicted molar refractivity (Wildman–Crippen MR) is 90.4 cm³/mol. The van der Waals surface area contributed by atoms with Crippen LogP contribution in [-0.2, 0) is 17.8 Å². The Balaban J connectivity index is 1.44. The molecule has 1 unspecified atom stereocenters. The molecule has 2 aromatic heterocycles. The Kier molecular flexibility index (Phi) is 3.99. The zero-order valence-electron chi connectivity index (χ0n) is 13.0. The number of carbonyl (C=O) groups excluding carboxylic acids is 1. The largest absolute Gasteiger partial charge is 0.340 e. The van der Waals surface area contributed by atoms with Crippen LogP contribution in [0, 0.1) is 5.92 Å². The topological polar surface area (TPSA) is 49.3 Å². The Hall–Kier alpha value is -1.95. The van der Waals surface area contributed by atoms with Gasteiger partial charge in [0.05, 0.1) is 5.92 Å². The van der Waals surface area contributed by atoms with E-state index in [2.05, 4.69) is 26.3 Å². The number of piperidine rings is 1. The summed E-state index contributed by atoms with van der Waals surface area (Å²) >= 11 is 1.81. The van der Waals surface area contributed by atoms with E-state index in [0.29, 0.717) is 5.91 Å². The number of thiophene rings is 1. The molecule has 0 radical (unpaired) electrons. The van der Waals surface area contributed by atoms with Gasteiger partial charge in [0.25, 0.3) is 0 Å². The summed E-state index contributed by atoms with van der Waals surface area (Å²) in [4.78, 5) is 27.2. The lowest BCUT2D eigenvalue weighted by Crippen LogP contribution is -2.46. The maximum Gasteiger partial charge on any atom is 0.227 e. The van der Waals surface area contributed by atoms with Gasteiger partial charge in [-0.15, -0.1) is 11.3 Å². The highest BCUT2D eigenvalue weighted by atomic mass is 32.1. The van der Waals surface area contributed by atoms with Gasteiger partial charge in [-0.25, -0.2) is 9.97 Å². The third-order valence-corrected chi connectivity index (χ3v) is 5.75. The van der Waals surface area contributed by atoms with Crippen molar-refractivity contribution in [2.24, 2.45) is 5.92 Å². The van der Waals surface area contributed by atoms with Crippen LogP contribution in [0.3, 0.4) is 0 Å². The van der Waals surface area contributed by atoms with Gasteiger partial charge in [-0.1, -0.05) is 0 Å². The van der Waals surface area contributed by atoms with Gasteiger partial charge in [-0.05, 0) is 42.3 Å². The molecule has 2 aliphatic heterocycles. The summed E-state index contributed by atoms with van der Waals surface area (Å²) < 4.78 is 0. The van der Waals surface area contributed by atoms with Crippen molar-refractivity contribution in [1.82, 2.24) is 14.9 Å². The lowest BCUT2D eigenvalue weighted by Gasteiger charge is -2.36. The average molecular weight is 328 g/mol. The molecule has 5 nitrogen and oxygen atoms in total. The smallest absolute Gasteiger partial charge is 0.227 e. The van der Waals surface area contributed by atoms with Gasteiger partial charge in [0, 0.05) is 43.4 Å². The number of nitrogens with zero attached hydrogens (tertiary/aromatic N) is 4. The Morgan fingerprint density at radius 3 is 3.00 bits per heavy atom. The van der Waals surface area contributed by atoms with Gasteiger partial charge < -0.3 is 9.80 Å². The first-order valence-corrected chi connectivity index (χ1v) is 9.05. The van der Waals surface area contributed by atoms with Crippen molar-refractivity contribution in [2.75, 3.05) is 24.5 Å². The van der Waals surface area contributed by atoms with E-state index in [9.17, 15) is 4.79 Å². The minimum Gasteiger partial charge on any atom is -0.340 e. The first-order chi connectivity index (χ1) is 11.3. The van der Waals surface area contributed by atoms with E-state index >= 15 is 0 Å². The molecule has 4 heterocycles. The molecular formula is C17H20N4OS. The summed E-state index contributed by atoms with van der Waals surface area (Å²) in [5.74, 6) is 1.10. The van der Waals surface area contributed by atoms with Crippen molar-refractivity contribution in [3.05, 3.63) is 40.3 Å². The van der Waals surface area contributed by atoms with Gasteiger partial charge in [0.1, 0.15) is 0 Å². The fourth-order valence-electron chi connectivity index (χ4n) is 3.51. The van der Waals surface area contributed by atoms with Crippen LogP contribution in [-0.4, -0.2) is 40.4 Å². The molecule has 0 aliphatic carbocycles. The maximum absolute atomic E-state index is 12.9. The summed E-state index contributed by atoms with van der Waals surface area (Å²) in [5.41, 5.74) is 1.33. The summed E-state index contributed by atoms with van der Waals surface area (Å²) in [5, 5.41) is 2.13. The molecular weight excluding hydrogens is 308 g/mol. The summed E-state index contributed by atoms with van der Waals surface area (Å²) in [6.07, 6.45) is 6.51. The first kappa shape index (κ1) is 14.6. The molecule has 0 bridgehead atoms. The number of carbonyl (C=O) groups is 1. The van der Waals surface area contributed by atoms with E-state index in [0.717, 1.165) is 51.4 Å². The fraction of sp³-hybridized carbons (Fsp3) is 0.471. The first-order valence-electron chi connectivity index (χ1n) is 8.17. The van der Waals surface area contributed by atoms with Crippen LogP contribution in [0.4, 0.5) is 5.95 Å². The molecule has 4 rings (SSSR count). The zero-order valence-corrected chi connectivity index (χ0v) is 13.8. The van der Waals surface area contributed by atoms with Crippen LogP contribution in [0.5, 0.6) is 0 Å². The zero-order chi connectivity index (χ0) is 15.6. The summed E-state index contributed by atoms with van der Waals surface area (Å²) in [7, 11) is 0. The van der Waals surface area contributed by atoms with Crippen LogP contribution < -0.4 is 4.90 Å². The number of anilines is 1. The number of hydrogen-bond acceptors (Lipinski definition) is 5. The minimum atomic E-state index is 0.0627. The quantitative estimate of drug-likeness (QED) is 0.849. The average Bonchev–Trinajstić information content (AvgIpc) is 3.09. The number of fused-ring (bicyclic) bond motifs is 1. The number of rotatable bonds is 2. The van der Waals surface area contributed by atoms with E-state index in [1.165, 1.54) is 10.4 Å². The van der Waals surface area contributed by atoms with Gasteiger partial charge in [-0.3, -0.25) is 4.79 Å². The molecule has 0 saturated carbocycles. The maximum atomic E-state index is 12.9. The van der Waals surface area contributed by atoms with E-state index < -0.39 is 0 Å². The Bertz CT molecular complexity index is 687. The van der Waals surface area contributed by atoms with Gasteiger partial charge >= 0.3 is 0 Å². The third-order valence-electron chi connectivity index (χ3n) is 4.72. The van der Waals surface area contributed by atoms with E-state index in [1.54, 1.807) is 12.4 Å². The number of hydrogen-bond donors (Lipinski definition) is 0. The van der Waals surface area contributed by atoms with E-state index in [4.69, 9.17) is 0 Å². The van der Waals surface area contributed by atoms with Crippen molar-refractivity contribution in [2.45, 2.75) is 25.8 Å². The van der Waals surface area contributed by atoms with Gasteiger partial charge in [0.15, 0.2) is 0 Å². The Morgan fingerprint density at radius 2 is 2.13 bits per heavy atom. The predicted octanol–water partition coefficient (Wildman–Crippen LogP) is 2.34. The molecule has 0 aromatic carbocycles. The third kappa shape index (κ3) is 2.95. The number of amides is 1. The molecule has 1 amide bonds. The highest BCUT2D eigenvalue weighted by Crippen LogP contribution is 2.27. The minimum absolute atomic E-state index is 0.0627. The fourth-order valence-corrected chi connectivity index (χ4v) is 4.40. The second-order valence-corrected chi connectivity index (χ2v) is 7.21. The molecule has 1 saturated heterocycles. The molecule has 1 fully saturated rings. The van der Waals surface area contributed by atoms with Crippen molar-refractivity contribution in [1.29, 1.82) is 0 Å². The van der Waals surface area contributed by atoms with Crippen molar-refractivity contribution >= 4 is 23.2 Å². The van der Waals surface area contributed by atoms with Crippen LogP contribution in [0.15, 0.2) is 29.9 Å². The highest BCUT2D eigenvalue weighted by Gasteiger charge is 2.31. The molecule has 2 aliphatic rings. The highest BCUT2D eigenvalue weighted by molar-refractivity contribution is 7.10. The Labute approximate surface area is 140 Å². The van der Waals surface area contributed by atoms with E-state index in [1.807, 2.05) is 22.3 Å². The molecule has 0 N–H and O–H groups in total. The standard InChI is InChI=1S/C17H20N4OS/c22-16(20-9-4-15-13(11-20)5-10-23-15)14-3-1-8-21(12-14)17-18-6-2-7-19-17/h2,5-7,10,14H,1,3-4,8-9,11-12H2. The molecule has 23 heavy (non-hydrogen) atoms. The lowest BCUT2D eigenvalue weighted by atomic mass is 9.95. The normalized spacial score (nSPS) is 21.1. The van der Waals surface area contributed by atoms with Crippen LogP contribution >= 0.6 is 11.3 Å². The lowest BCUT2D eigenvalue weighted by molar-refractivity contribution is -0.136. The van der Waals surface area contributed by atoms with Crippen LogP contribution in [0.25, 0.3) is 0 Å². The van der Waals surface area contributed by atoms with Crippen molar-refractivity contribution in [3.63, 3.8) is 0 Å². The van der Waals surface area contributed by atoms with Crippen LogP contribution in [0.1, 0.15) is 23.3 Å². The summed E-state index contributed by atoms with van der Waals surface area (Å²) in [6.45, 7) is 3.29. The Morgan fingerprint density at radius 1 is 1.26 bits per heavy atom. The molecule has 1 atom stereocenters. The van der Waals surface area contributed by atoms with E-state index in [-0.39, 0.29) is 5.92 Å².